The fourth-order valence-electron chi connectivity index (χ4n) is 8.60. The molecule has 3 aromatic carbocycles. The highest BCUT2D eigenvalue weighted by molar-refractivity contribution is 7.80. The maximum Gasteiger partial charge on any atom is 0.326 e. The van der Waals surface area contributed by atoms with Crippen LogP contribution in [0.5, 0.6) is 5.75 Å². The second-order valence-electron chi connectivity index (χ2n) is 20.6. The molecule has 0 spiro atoms. The number of nitrogens with two attached hydrogens (primary N) is 1. The summed E-state index contributed by atoms with van der Waals surface area (Å²) < 4.78 is 0. The number of thiol groups is 1. The average Bonchev–Trinajstić information content (AvgIpc) is 3.90. The molecule has 0 aliphatic rings. The third-order valence-electron chi connectivity index (χ3n) is 13.4. The quantitative estimate of drug-likeness (QED) is 0.0293. The van der Waals surface area contributed by atoms with Gasteiger partial charge in [-0.3, -0.25) is 43.2 Å². The SMILES string of the molecule is CC[C@H](C)[C@H](NC(=O)[C@H](CO)NC(=O)[C@H](CS)NC(=O)[C@H](CC(C)C)NC(=O)[C@@H](N)Cc1ccc(O)cc1)C(=O)N[C@@H](CC(=O)O)C(=O)N[C@@H](Cc1c[nH]c2ccccc12)C(=O)N[C@@H](Cc1ccccc1)C(=O)N[C@H](C(=O)O)C(C)C. The number of phenolic OH excluding ortho intramolecular Hbond substituents is 1. The number of aliphatic carboxylic acids is 2. The van der Waals surface area contributed by atoms with Crippen LogP contribution in [0.15, 0.2) is 85.1 Å². The number of rotatable bonds is 32. The minimum absolute atomic E-state index is 0.0260. The third-order valence-corrected chi connectivity index (χ3v) is 13.7. The van der Waals surface area contributed by atoms with E-state index in [0.29, 0.717) is 27.6 Å². The van der Waals surface area contributed by atoms with Gasteiger partial charge in [0.15, 0.2) is 0 Å². The summed E-state index contributed by atoms with van der Waals surface area (Å²) in [6.45, 7) is 9.02. The summed E-state index contributed by atoms with van der Waals surface area (Å²) in [6, 6.07) is 8.56. The average molecular weight is 1150 g/mol. The molecule has 81 heavy (non-hydrogen) atoms. The minimum Gasteiger partial charge on any atom is -0.508 e. The summed E-state index contributed by atoms with van der Waals surface area (Å²) in [5, 5.41) is 60.6. The lowest BCUT2D eigenvalue weighted by molar-refractivity contribution is -0.143. The summed E-state index contributed by atoms with van der Waals surface area (Å²) >= 11 is 4.21. The zero-order valence-corrected chi connectivity index (χ0v) is 47.0. The van der Waals surface area contributed by atoms with Crippen molar-refractivity contribution < 1.29 is 68.4 Å². The van der Waals surface area contributed by atoms with Gasteiger partial charge < -0.3 is 73.7 Å². The van der Waals surface area contributed by atoms with E-state index in [0.717, 1.165) is 0 Å². The molecule has 0 fully saturated rings. The van der Waals surface area contributed by atoms with E-state index in [4.69, 9.17) is 5.73 Å². The van der Waals surface area contributed by atoms with Gasteiger partial charge in [0, 0.05) is 35.7 Å². The van der Waals surface area contributed by atoms with E-state index in [-0.39, 0.29) is 49.5 Å². The number of fused-ring (bicyclic) bond motifs is 1. The number of aromatic hydroxyl groups is 1. The Morgan fingerprint density at radius 3 is 1.63 bits per heavy atom. The van der Waals surface area contributed by atoms with E-state index in [1.165, 1.54) is 12.1 Å². The number of aromatic nitrogens is 1. The first-order chi connectivity index (χ1) is 38.3. The van der Waals surface area contributed by atoms with E-state index >= 15 is 0 Å². The zero-order valence-electron chi connectivity index (χ0n) is 46.1. The van der Waals surface area contributed by atoms with Crippen molar-refractivity contribution in [3.8, 4) is 5.75 Å². The summed E-state index contributed by atoms with van der Waals surface area (Å²) in [7, 11) is 0. The van der Waals surface area contributed by atoms with Crippen LogP contribution in [0, 0.1) is 17.8 Å². The molecule has 4 rings (SSSR count). The molecule has 15 N–H and O–H groups in total. The van der Waals surface area contributed by atoms with Gasteiger partial charge in [0.1, 0.15) is 54.1 Å². The maximum absolute atomic E-state index is 14.5. The molecule has 8 amide bonds. The Bertz CT molecular complexity index is 2810. The van der Waals surface area contributed by atoms with Gasteiger partial charge in [-0.1, -0.05) is 109 Å². The number of nitrogens with one attached hydrogen (secondary N) is 9. The van der Waals surface area contributed by atoms with E-state index < -0.39 is 138 Å². The van der Waals surface area contributed by atoms with Crippen molar-refractivity contribution in [2.75, 3.05) is 12.4 Å². The molecule has 440 valence electrons. The van der Waals surface area contributed by atoms with Gasteiger partial charge >= 0.3 is 11.9 Å². The monoisotopic (exact) mass is 1140 g/mol. The summed E-state index contributed by atoms with van der Waals surface area (Å²) in [5.74, 6) is -12.0. The summed E-state index contributed by atoms with van der Waals surface area (Å²) in [6.07, 6.45) is 0.680. The van der Waals surface area contributed by atoms with Gasteiger partial charge in [-0.2, -0.15) is 12.6 Å². The second-order valence-corrected chi connectivity index (χ2v) is 21.0. The van der Waals surface area contributed by atoms with Crippen LogP contribution in [0.2, 0.25) is 0 Å². The number of benzene rings is 3. The van der Waals surface area contributed by atoms with Crippen molar-refractivity contribution >= 4 is 82.7 Å². The van der Waals surface area contributed by atoms with Crippen LogP contribution >= 0.6 is 12.6 Å². The van der Waals surface area contributed by atoms with Crippen LogP contribution < -0.4 is 48.3 Å². The number of carbonyl (C=O) groups is 10. The molecule has 0 saturated heterocycles. The fraction of sp³-hybridized carbons (Fsp3) is 0.464. The normalized spacial score (nSPS) is 15.0. The van der Waals surface area contributed by atoms with Crippen molar-refractivity contribution in [1.29, 1.82) is 0 Å². The van der Waals surface area contributed by atoms with Crippen molar-refractivity contribution in [2.45, 2.75) is 134 Å². The van der Waals surface area contributed by atoms with E-state index in [9.17, 15) is 68.4 Å². The topological polar surface area (TPSA) is 390 Å². The molecule has 0 aliphatic heterocycles. The first-order valence-electron chi connectivity index (χ1n) is 26.6. The highest BCUT2D eigenvalue weighted by Gasteiger charge is 2.37. The number of hydrogen-bond acceptors (Lipinski definition) is 14. The number of aromatic amines is 1. The fourth-order valence-corrected chi connectivity index (χ4v) is 8.85. The lowest BCUT2D eigenvalue weighted by Crippen LogP contribution is -2.62. The number of carboxylic acid groups (broad SMARTS) is 2. The number of carbonyl (C=O) groups excluding carboxylic acids is 8. The Morgan fingerprint density at radius 2 is 1.05 bits per heavy atom. The Morgan fingerprint density at radius 1 is 0.556 bits per heavy atom. The smallest absolute Gasteiger partial charge is 0.326 e. The minimum atomic E-state index is -1.89. The first kappa shape index (κ1) is 65.5. The second kappa shape index (κ2) is 31.7. The molecule has 24 nitrogen and oxygen atoms in total. The van der Waals surface area contributed by atoms with Gasteiger partial charge in [0.2, 0.25) is 47.3 Å². The van der Waals surface area contributed by atoms with E-state index in [1.807, 2.05) is 0 Å². The van der Waals surface area contributed by atoms with Crippen LogP contribution in [0.4, 0.5) is 0 Å². The van der Waals surface area contributed by atoms with Crippen LogP contribution in [0.1, 0.15) is 77.5 Å². The van der Waals surface area contributed by atoms with Gasteiger partial charge in [0.25, 0.3) is 0 Å². The van der Waals surface area contributed by atoms with Crippen molar-refractivity contribution in [2.24, 2.45) is 23.5 Å². The molecule has 4 aromatic rings. The number of carboxylic acids is 2. The van der Waals surface area contributed by atoms with Crippen molar-refractivity contribution in [3.05, 3.63) is 102 Å². The highest BCUT2D eigenvalue weighted by atomic mass is 32.1. The van der Waals surface area contributed by atoms with Crippen LogP contribution in [-0.2, 0) is 67.2 Å². The van der Waals surface area contributed by atoms with Gasteiger partial charge in [-0.05, 0) is 65.5 Å². The zero-order chi connectivity index (χ0) is 60.1. The van der Waals surface area contributed by atoms with E-state index in [2.05, 4.69) is 60.1 Å². The predicted octanol–water partition coefficient (Wildman–Crippen LogP) is 0.337. The van der Waals surface area contributed by atoms with Crippen LogP contribution in [-0.4, -0.2) is 151 Å². The number of amides is 8. The lowest BCUT2D eigenvalue weighted by Gasteiger charge is -2.29. The standard InChI is InChI=1S/C56H76N10O14S/c1-7-31(6)47(66-53(76)43(27-67)63-54(77)44(28-81)64-49(72)39(21-29(2)3)59-48(71)37(57)22-33-17-19-35(68)20-18-33)55(78)62-42(25-45(69)70)51(74)61-41(24-34-26-58-38-16-12-11-15-36(34)38)50(73)60-40(23-32-13-9-8-10-14-32)52(75)65-46(30(4)5)56(79)80/h8-20,26,29-31,37,39-44,46-47,58,67-68,81H,7,21-25,27-28,57H2,1-6H3,(H,59,71)(H,60,73)(H,61,74)(H,62,78)(H,63,77)(H,64,72)(H,65,75)(H,66,76)(H,69,70)(H,79,80)/t31-,37-,39-,40-,41-,42-,43-,44-,46-,47-/m0/s1. The van der Waals surface area contributed by atoms with Crippen molar-refractivity contribution in [1.82, 2.24) is 47.5 Å². The maximum atomic E-state index is 14.5. The molecule has 10 atom stereocenters. The molecular weight excluding hydrogens is 1070 g/mol. The van der Waals surface area contributed by atoms with Crippen molar-refractivity contribution in [3.63, 3.8) is 0 Å². The van der Waals surface area contributed by atoms with Gasteiger partial charge in [0.05, 0.1) is 19.1 Å². The number of phenols is 1. The van der Waals surface area contributed by atoms with Gasteiger partial charge in [-0.15, -0.1) is 0 Å². The first-order valence-corrected chi connectivity index (χ1v) is 27.2. The molecular formula is C56H76N10O14S. The number of H-pyrrole nitrogens is 1. The predicted molar refractivity (Wildman–Crippen MR) is 302 cm³/mol. The lowest BCUT2D eigenvalue weighted by atomic mass is 9.97. The summed E-state index contributed by atoms with van der Waals surface area (Å²) in [5.41, 5.74) is 8.60. The Kier molecular flexibility index (Phi) is 25.6. The highest BCUT2D eigenvalue weighted by Crippen LogP contribution is 2.20. The molecule has 0 bridgehead atoms. The number of hydrogen-bond donors (Lipinski definition) is 15. The number of aliphatic hydroxyl groups is 1. The molecule has 0 saturated carbocycles. The Balaban J connectivity index is 1.54. The van der Waals surface area contributed by atoms with Crippen LogP contribution in [0.25, 0.3) is 10.9 Å². The molecule has 0 unspecified atom stereocenters. The number of para-hydroxylation sites is 1. The number of aliphatic hydroxyl groups excluding tert-OH is 1. The van der Waals surface area contributed by atoms with Gasteiger partial charge in [-0.25, -0.2) is 4.79 Å². The van der Waals surface area contributed by atoms with E-state index in [1.54, 1.807) is 114 Å². The molecule has 0 aliphatic carbocycles. The Labute approximate surface area is 474 Å². The molecule has 1 aromatic heterocycles. The molecule has 0 radical (unpaired) electrons. The van der Waals surface area contributed by atoms with Crippen LogP contribution in [0.3, 0.4) is 0 Å². The molecule has 25 heteroatoms. The largest absolute Gasteiger partial charge is 0.508 e. The summed E-state index contributed by atoms with van der Waals surface area (Å²) in [4.78, 5) is 139. The third kappa shape index (κ3) is 20.2. The Hall–Kier alpha value is -8.03. The molecule has 1 heterocycles.